The van der Waals surface area contributed by atoms with Crippen molar-refractivity contribution in [2.75, 3.05) is 26.2 Å². The summed E-state index contributed by atoms with van der Waals surface area (Å²) in [5, 5.41) is 3.48. The first-order valence-corrected chi connectivity index (χ1v) is 5.44. The van der Waals surface area contributed by atoms with E-state index in [1.165, 1.54) is 25.9 Å². The average molecular weight is 182 g/mol. The van der Waals surface area contributed by atoms with Crippen LogP contribution in [-0.2, 0) is 0 Å². The Kier molecular flexibility index (Phi) is 5.09. The molecule has 1 heterocycles. The van der Waals surface area contributed by atoms with Crippen LogP contribution in [0, 0.1) is 0 Å². The van der Waals surface area contributed by atoms with Crippen molar-refractivity contribution in [2.24, 2.45) is 0 Å². The summed E-state index contributed by atoms with van der Waals surface area (Å²) in [6.07, 6.45) is 5.80. The Morgan fingerprint density at radius 1 is 1.62 bits per heavy atom. The summed E-state index contributed by atoms with van der Waals surface area (Å²) >= 11 is 0. The lowest BCUT2D eigenvalue weighted by atomic mass is 10.2. The second-order valence-electron chi connectivity index (χ2n) is 3.71. The molecule has 1 atom stereocenters. The molecule has 1 aliphatic rings. The van der Waals surface area contributed by atoms with E-state index in [-0.39, 0.29) is 0 Å². The van der Waals surface area contributed by atoms with Gasteiger partial charge in [-0.05, 0) is 38.9 Å². The van der Waals surface area contributed by atoms with Crippen molar-refractivity contribution in [1.82, 2.24) is 10.2 Å². The van der Waals surface area contributed by atoms with Crippen LogP contribution in [0.5, 0.6) is 0 Å². The summed E-state index contributed by atoms with van der Waals surface area (Å²) in [5.74, 6) is 0. The van der Waals surface area contributed by atoms with Crippen molar-refractivity contribution < 1.29 is 0 Å². The van der Waals surface area contributed by atoms with Crippen LogP contribution in [0.3, 0.4) is 0 Å². The number of likely N-dealkylation sites (tertiary alicyclic amines) is 1. The fourth-order valence-corrected chi connectivity index (χ4v) is 2.02. The smallest absolute Gasteiger partial charge is 0.0220 e. The highest BCUT2D eigenvalue weighted by molar-refractivity contribution is 4.80. The van der Waals surface area contributed by atoms with Gasteiger partial charge in [-0.25, -0.2) is 0 Å². The Bertz CT molecular complexity index is 145. The maximum Gasteiger partial charge on any atom is 0.0220 e. The number of rotatable bonds is 6. The van der Waals surface area contributed by atoms with Crippen LogP contribution in [0.4, 0.5) is 0 Å². The molecule has 0 radical (unpaired) electrons. The van der Waals surface area contributed by atoms with Gasteiger partial charge in [-0.1, -0.05) is 13.0 Å². The van der Waals surface area contributed by atoms with Gasteiger partial charge in [0.05, 0.1) is 0 Å². The van der Waals surface area contributed by atoms with Gasteiger partial charge in [-0.2, -0.15) is 0 Å². The normalized spacial score (nSPS) is 23.6. The van der Waals surface area contributed by atoms with Gasteiger partial charge in [-0.3, -0.25) is 4.90 Å². The van der Waals surface area contributed by atoms with Crippen molar-refractivity contribution in [3.05, 3.63) is 12.7 Å². The van der Waals surface area contributed by atoms with Crippen molar-refractivity contribution in [2.45, 2.75) is 32.2 Å². The third-order valence-electron chi connectivity index (χ3n) is 2.81. The Labute approximate surface area is 82.0 Å². The first-order chi connectivity index (χ1) is 6.38. The molecule has 76 valence electrons. The third-order valence-corrected chi connectivity index (χ3v) is 2.81. The molecule has 2 nitrogen and oxygen atoms in total. The van der Waals surface area contributed by atoms with E-state index in [1.807, 2.05) is 6.08 Å². The maximum atomic E-state index is 3.71. The van der Waals surface area contributed by atoms with Crippen LogP contribution in [0.15, 0.2) is 12.7 Å². The van der Waals surface area contributed by atoms with E-state index in [1.54, 1.807) is 0 Å². The molecule has 1 fully saturated rings. The Hall–Kier alpha value is -0.340. The second kappa shape index (κ2) is 6.17. The molecule has 1 aliphatic heterocycles. The summed E-state index contributed by atoms with van der Waals surface area (Å²) in [6.45, 7) is 10.7. The molecule has 1 saturated heterocycles. The van der Waals surface area contributed by atoms with Gasteiger partial charge in [0.15, 0.2) is 0 Å². The van der Waals surface area contributed by atoms with Crippen LogP contribution in [0.2, 0.25) is 0 Å². The monoisotopic (exact) mass is 182 g/mol. The minimum absolute atomic E-state index is 0.787. The number of nitrogens with zero attached hydrogens (tertiary/aromatic N) is 1. The molecule has 1 rings (SSSR count). The second-order valence-corrected chi connectivity index (χ2v) is 3.71. The molecule has 0 aromatic carbocycles. The number of nitrogens with one attached hydrogen (secondary N) is 1. The van der Waals surface area contributed by atoms with Crippen LogP contribution in [-0.4, -0.2) is 37.1 Å². The van der Waals surface area contributed by atoms with Gasteiger partial charge in [0, 0.05) is 12.6 Å². The zero-order chi connectivity index (χ0) is 9.52. The third kappa shape index (κ3) is 3.49. The zero-order valence-corrected chi connectivity index (χ0v) is 8.76. The lowest BCUT2D eigenvalue weighted by Gasteiger charge is -2.22. The molecule has 0 bridgehead atoms. The van der Waals surface area contributed by atoms with Crippen molar-refractivity contribution >= 4 is 0 Å². The lowest BCUT2D eigenvalue weighted by molar-refractivity contribution is 0.261. The SMILES string of the molecule is C=CCCNCC1CCCN1CC. The molecule has 13 heavy (non-hydrogen) atoms. The molecule has 1 unspecified atom stereocenters. The summed E-state index contributed by atoms with van der Waals surface area (Å²) in [4.78, 5) is 2.57. The molecule has 1 N–H and O–H groups in total. The largest absolute Gasteiger partial charge is 0.315 e. The first-order valence-electron chi connectivity index (χ1n) is 5.44. The zero-order valence-electron chi connectivity index (χ0n) is 8.76. The van der Waals surface area contributed by atoms with Gasteiger partial charge in [0.25, 0.3) is 0 Å². The van der Waals surface area contributed by atoms with Crippen LogP contribution >= 0.6 is 0 Å². The van der Waals surface area contributed by atoms with E-state index < -0.39 is 0 Å². The number of likely N-dealkylation sites (N-methyl/N-ethyl adjacent to an activating group) is 1. The predicted octanol–water partition coefficient (Wildman–Crippen LogP) is 1.64. The van der Waals surface area contributed by atoms with Crippen LogP contribution in [0.25, 0.3) is 0 Å². The fourth-order valence-electron chi connectivity index (χ4n) is 2.02. The highest BCUT2D eigenvalue weighted by atomic mass is 15.2. The highest BCUT2D eigenvalue weighted by Crippen LogP contribution is 2.15. The van der Waals surface area contributed by atoms with Gasteiger partial charge in [0.1, 0.15) is 0 Å². The Morgan fingerprint density at radius 3 is 3.15 bits per heavy atom. The van der Waals surface area contributed by atoms with Gasteiger partial charge < -0.3 is 5.32 Å². The summed E-state index contributed by atoms with van der Waals surface area (Å²) < 4.78 is 0. The molecule has 0 amide bonds. The first kappa shape index (κ1) is 10.7. The van der Waals surface area contributed by atoms with Crippen molar-refractivity contribution in [1.29, 1.82) is 0 Å². The lowest BCUT2D eigenvalue weighted by Crippen LogP contribution is -2.37. The minimum Gasteiger partial charge on any atom is -0.315 e. The van der Waals surface area contributed by atoms with E-state index in [4.69, 9.17) is 0 Å². The molecule has 2 heteroatoms. The molecule has 0 aromatic rings. The van der Waals surface area contributed by atoms with Gasteiger partial charge >= 0.3 is 0 Å². The fraction of sp³-hybridized carbons (Fsp3) is 0.818. The quantitative estimate of drug-likeness (QED) is 0.496. The number of hydrogen-bond acceptors (Lipinski definition) is 2. The molecule has 0 aromatic heterocycles. The van der Waals surface area contributed by atoms with E-state index in [0.29, 0.717) is 0 Å². The summed E-state index contributed by atoms with van der Waals surface area (Å²) in [6, 6.07) is 0.787. The average Bonchev–Trinajstić information content (AvgIpc) is 2.60. The van der Waals surface area contributed by atoms with Crippen LogP contribution in [0.1, 0.15) is 26.2 Å². The van der Waals surface area contributed by atoms with Crippen LogP contribution < -0.4 is 5.32 Å². The highest BCUT2D eigenvalue weighted by Gasteiger charge is 2.21. The van der Waals surface area contributed by atoms with Crippen molar-refractivity contribution in [3.8, 4) is 0 Å². The molecular formula is C11H22N2. The Morgan fingerprint density at radius 2 is 2.46 bits per heavy atom. The van der Waals surface area contributed by atoms with Crippen molar-refractivity contribution in [3.63, 3.8) is 0 Å². The topological polar surface area (TPSA) is 15.3 Å². The molecule has 0 saturated carbocycles. The van der Waals surface area contributed by atoms with E-state index in [2.05, 4.69) is 23.7 Å². The molecule has 0 spiro atoms. The molecular weight excluding hydrogens is 160 g/mol. The summed E-state index contributed by atoms with van der Waals surface area (Å²) in [7, 11) is 0. The van der Waals surface area contributed by atoms with Gasteiger partial charge in [-0.15, -0.1) is 6.58 Å². The maximum absolute atomic E-state index is 3.71. The minimum atomic E-state index is 0.787. The van der Waals surface area contributed by atoms with Gasteiger partial charge in [0.2, 0.25) is 0 Å². The predicted molar refractivity (Wildman–Crippen MR) is 58.0 cm³/mol. The number of hydrogen-bond donors (Lipinski definition) is 1. The standard InChI is InChI=1S/C11H22N2/c1-3-5-8-12-10-11-7-6-9-13(11)4-2/h3,11-12H,1,4-10H2,2H3. The Balaban J connectivity index is 2.09. The molecule has 0 aliphatic carbocycles. The van der Waals surface area contributed by atoms with E-state index in [9.17, 15) is 0 Å². The van der Waals surface area contributed by atoms with E-state index in [0.717, 1.165) is 25.6 Å². The van der Waals surface area contributed by atoms with E-state index >= 15 is 0 Å². The summed E-state index contributed by atoms with van der Waals surface area (Å²) in [5.41, 5.74) is 0.